The van der Waals surface area contributed by atoms with Crippen molar-refractivity contribution in [3.05, 3.63) is 0 Å². The topological polar surface area (TPSA) is 12.4 Å². The van der Waals surface area contributed by atoms with Gasteiger partial charge in [0.05, 0.1) is 0 Å². The Morgan fingerprint density at radius 3 is 3.11 bits per heavy atom. The van der Waals surface area contributed by atoms with Crippen LogP contribution >= 0.6 is 0 Å². The van der Waals surface area contributed by atoms with Crippen molar-refractivity contribution in [3.63, 3.8) is 0 Å². The number of aliphatic imine (C=N–C) groups is 1. The molecular weight excluding hydrogens is 110 g/mol. The molecule has 2 aliphatic rings. The van der Waals surface area contributed by atoms with Crippen LogP contribution in [0.3, 0.4) is 0 Å². The first-order valence-corrected chi connectivity index (χ1v) is 3.86. The quantitative estimate of drug-likeness (QED) is 0.465. The zero-order valence-corrected chi connectivity index (χ0v) is 5.88. The molecule has 0 bridgehead atoms. The lowest BCUT2D eigenvalue weighted by Gasteiger charge is -2.02. The van der Waals surface area contributed by atoms with Crippen molar-refractivity contribution >= 4 is 6.21 Å². The minimum atomic E-state index is 0.861. The second-order valence-corrected chi connectivity index (χ2v) is 3.51. The van der Waals surface area contributed by atoms with Crippen LogP contribution in [0, 0.1) is 17.8 Å². The van der Waals surface area contributed by atoms with Crippen LogP contribution in [0.5, 0.6) is 0 Å². The molecule has 3 atom stereocenters. The molecule has 1 heteroatoms. The number of hydrogen-bond acceptors (Lipinski definition) is 1. The summed E-state index contributed by atoms with van der Waals surface area (Å²) in [6.07, 6.45) is 4.99. The number of fused-ring (bicyclic) bond motifs is 1. The summed E-state index contributed by atoms with van der Waals surface area (Å²) in [5, 5.41) is 0. The smallest absolute Gasteiger partial charge is 0.0420 e. The highest BCUT2D eigenvalue weighted by molar-refractivity contribution is 5.64. The molecule has 1 fully saturated rings. The second kappa shape index (κ2) is 1.83. The normalized spacial score (nSPS) is 47.9. The van der Waals surface area contributed by atoms with Crippen LogP contribution in [0.1, 0.15) is 19.8 Å². The second-order valence-electron chi connectivity index (χ2n) is 3.51. The monoisotopic (exact) mass is 123 g/mol. The predicted molar refractivity (Wildman–Crippen MR) is 38.7 cm³/mol. The van der Waals surface area contributed by atoms with Gasteiger partial charge >= 0.3 is 0 Å². The van der Waals surface area contributed by atoms with Crippen LogP contribution in [0.2, 0.25) is 0 Å². The summed E-state index contributed by atoms with van der Waals surface area (Å²) in [5.41, 5.74) is 0. The summed E-state index contributed by atoms with van der Waals surface area (Å²) in [6.45, 7) is 3.47. The molecule has 50 valence electrons. The van der Waals surface area contributed by atoms with E-state index in [0.29, 0.717) is 0 Å². The standard InChI is InChI=1S/C8H13N/c1-6-2-7-4-9-5-8(7)3-6/h4,6-8H,2-3,5H2,1H3. The molecule has 1 aliphatic heterocycles. The minimum Gasteiger partial charge on any atom is -0.297 e. The van der Waals surface area contributed by atoms with Crippen molar-refractivity contribution in [2.75, 3.05) is 6.54 Å². The minimum absolute atomic E-state index is 0.861. The maximum atomic E-state index is 4.28. The highest BCUT2D eigenvalue weighted by Gasteiger charge is 2.32. The first-order chi connectivity index (χ1) is 4.36. The maximum Gasteiger partial charge on any atom is 0.0420 e. The van der Waals surface area contributed by atoms with Crippen molar-refractivity contribution in [1.29, 1.82) is 0 Å². The van der Waals surface area contributed by atoms with Crippen LogP contribution in [0.25, 0.3) is 0 Å². The molecule has 1 heterocycles. The Labute approximate surface area is 56.2 Å². The molecule has 0 N–H and O–H groups in total. The average Bonchev–Trinajstić information content (AvgIpc) is 2.22. The van der Waals surface area contributed by atoms with Crippen LogP contribution in [-0.2, 0) is 0 Å². The Bertz CT molecular complexity index is 140. The van der Waals surface area contributed by atoms with E-state index in [9.17, 15) is 0 Å². The average molecular weight is 123 g/mol. The van der Waals surface area contributed by atoms with E-state index in [1.165, 1.54) is 12.8 Å². The number of nitrogens with zero attached hydrogens (tertiary/aromatic N) is 1. The Hall–Kier alpha value is -0.330. The van der Waals surface area contributed by atoms with Gasteiger partial charge in [0, 0.05) is 12.8 Å². The van der Waals surface area contributed by atoms with Crippen molar-refractivity contribution in [3.8, 4) is 0 Å². The molecule has 9 heavy (non-hydrogen) atoms. The van der Waals surface area contributed by atoms with Gasteiger partial charge in [-0.05, 0) is 30.6 Å². The van der Waals surface area contributed by atoms with Gasteiger partial charge in [-0.15, -0.1) is 0 Å². The molecule has 1 aliphatic carbocycles. The molecule has 0 amide bonds. The third-order valence-electron chi connectivity index (χ3n) is 2.62. The fourth-order valence-electron chi connectivity index (χ4n) is 2.17. The van der Waals surface area contributed by atoms with Gasteiger partial charge in [0.2, 0.25) is 0 Å². The van der Waals surface area contributed by atoms with E-state index in [0.717, 1.165) is 24.3 Å². The molecule has 0 saturated heterocycles. The van der Waals surface area contributed by atoms with Crippen LogP contribution in [0.4, 0.5) is 0 Å². The first kappa shape index (κ1) is 5.45. The summed E-state index contributed by atoms with van der Waals surface area (Å²) in [6, 6.07) is 0. The van der Waals surface area contributed by atoms with Gasteiger partial charge in [0.1, 0.15) is 0 Å². The lowest BCUT2D eigenvalue weighted by Crippen LogP contribution is -2.03. The van der Waals surface area contributed by atoms with Gasteiger partial charge in [0.15, 0.2) is 0 Å². The summed E-state index contributed by atoms with van der Waals surface area (Å²) in [5.74, 6) is 2.76. The molecule has 1 nitrogen and oxygen atoms in total. The molecule has 0 radical (unpaired) electrons. The SMILES string of the molecule is CC1CC2C=NCC2C1. The van der Waals surface area contributed by atoms with Gasteiger partial charge in [-0.2, -0.15) is 0 Å². The third-order valence-corrected chi connectivity index (χ3v) is 2.62. The van der Waals surface area contributed by atoms with E-state index in [1.807, 2.05) is 0 Å². The highest BCUT2D eigenvalue weighted by atomic mass is 14.8. The Morgan fingerprint density at radius 2 is 2.33 bits per heavy atom. The van der Waals surface area contributed by atoms with Gasteiger partial charge in [-0.3, -0.25) is 4.99 Å². The molecule has 0 spiro atoms. The zero-order chi connectivity index (χ0) is 6.27. The molecule has 0 aromatic heterocycles. The largest absolute Gasteiger partial charge is 0.297 e. The zero-order valence-electron chi connectivity index (χ0n) is 5.88. The van der Waals surface area contributed by atoms with Crippen molar-refractivity contribution in [2.45, 2.75) is 19.8 Å². The van der Waals surface area contributed by atoms with Gasteiger partial charge in [-0.1, -0.05) is 6.92 Å². The lowest BCUT2D eigenvalue weighted by molar-refractivity contribution is 0.519. The van der Waals surface area contributed by atoms with E-state index < -0.39 is 0 Å². The van der Waals surface area contributed by atoms with Gasteiger partial charge in [-0.25, -0.2) is 0 Å². The van der Waals surface area contributed by atoms with Crippen molar-refractivity contribution < 1.29 is 0 Å². The van der Waals surface area contributed by atoms with E-state index in [-0.39, 0.29) is 0 Å². The van der Waals surface area contributed by atoms with Gasteiger partial charge < -0.3 is 0 Å². The number of hydrogen-bond donors (Lipinski definition) is 0. The molecular formula is C8H13N. The van der Waals surface area contributed by atoms with E-state index >= 15 is 0 Å². The Kier molecular flexibility index (Phi) is 1.11. The Balaban J connectivity index is 2.08. The third kappa shape index (κ3) is 0.790. The molecule has 3 unspecified atom stereocenters. The maximum absolute atomic E-state index is 4.28. The van der Waals surface area contributed by atoms with Crippen LogP contribution < -0.4 is 0 Å². The van der Waals surface area contributed by atoms with Gasteiger partial charge in [0.25, 0.3) is 0 Å². The van der Waals surface area contributed by atoms with Crippen LogP contribution in [-0.4, -0.2) is 12.8 Å². The van der Waals surface area contributed by atoms with Crippen molar-refractivity contribution in [1.82, 2.24) is 0 Å². The summed E-state index contributed by atoms with van der Waals surface area (Å²) in [4.78, 5) is 4.28. The summed E-state index contributed by atoms with van der Waals surface area (Å²) >= 11 is 0. The van der Waals surface area contributed by atoms with Crippen LogP contribution in [0.15, 0.2) is 4.99 Å². The summed E-state index contributed by atoms with van der Waals surface area (Å²) < 4.78 is 0. The molecule has 2 rings (SSSR count). The fraction of sp³-hybridized carbons (Fsp3) is 0.875. The summed E-state index contributed by atoms with van der Waals surface area (Å²) in [7, 11) is 0. The highest BCUT2D eigenvalue weighted by Crippen LogP contribution is 2.37. The molecule has 1 saturated carbocycles. The predicted octanol–water partition coefficient (Wildman–Crippen LogP) is 1.73. The molecule has 0 aromatic carbocycles. The lowest BCUT2D eigenvalue weighted by atomic mass is 10.0. The van der Waals surface area contributed by atoms with E-state index in [2.05, 4.69) is 18.1 Å². The van der Waals surface area contributed by atoms with E-state index in [4.69, 9.17) is 0 Å². The molecule has 0 aromatic rings. The first-order valence-electron chi connectivity index (χ1n) is 3.86. The number of rotatable bonds is 0. The fourth-order valence-corrected chi connectivity index (χ4v) is 2.17. The van der Waals surface area contributed by atoms with Crippen molar-refractivity contribution in [2.24, 2.45) is 22.7 Å². The van der Waals surface area contributed by atoms with E-state index in [1.54, 1.807) is 0 Å². The Morgan fingerprint density at radius 1 is 1.44 bits per heavy atom.